The minimum atomic E-state index is -5.57. The highest BCUT2D eigenvalue weighted by atomic mass is 19.4. The molecule has 21 heavy (non-hydrogen) atoms. The lowest BCUT2D eigenvalue weighted by atomic mass is 10.3. The van der Waals surface area contributed by atoms with E-state index in [0.717, 1.165) is 0 Å². The molecule has 2 N–H and O–H groups in total. The van der Waals surface area contributed by atoms with E-state index < -0.39 is 31.0 Å². The molecular weight excluding hydrogens is 306 g/mol. The van der Waals surface area contributed by atoms with Crippen molar-refractivity contribution in [1.82, 2.24) is 4.98 Å². The lowest BCUT2D eigenvalue weighted by Crippen LogP contribution is -2.44. The van der Waals surface area contributed by atoms with E-state index in [0.29, 0.717) is 5.69 Å². The molecular formula is C11H8F6N2O2. The van der Waals surface area contributed by atoms with E-state index in [1.165, 1.54) is 18.2 Å². The number of nitrogens with zero attached hydrogens (tertiary/aromatic N) is 1. The Kier molecular flexibility index (Phi) is 3.74. The molecule has 0 saturated carbocycles. The van der Waals surface area contributed by atoms with E-state index in [4.69, 9.17) is 10.2 Å². The van der Waals surface area contributed by atoms with Gasteiger partial charge in [0.2, 0.25) is 12.0 Å². The van der Waals surface area contributed by atoms with Crippen LogP contribution in [0.3, 0.4) is 0 Å². The van der Waals surface area contributed by atoms with Gasteiger partial charge in [-0.25, -0.2) is 4.98 Å². The standard InChI is InChI=1S/C11H8F6N2O2/c12-10(13,14)9(11(15,16)17)20-4-8-19-6-3-5(18)1-2-7(6)21-8/h1-3,9H,4,18H2. The number of hydrogen-bond donors (Lipinski definition) is 1. The Morgan fingerprint density at radius 2 is 1.76 bits per heavy atom. The monoisotopic (exact) mass is 314 g/mol. The topological polar surface area (TPSA) is 61.3 Å². The smallest absolute Gasteiger partial charge is 0.423 e. The van der Waals surface area contributed by atoms with Crippen LogP contribution in [0.4, 0.5) is 32.0 Å². The van der Waals surface area contributed by atoms with Gasteiger partial charge in [0.25, 0.3) is 0 Å². The Morgan fingerprint density at radius 3 is 2.33 bits per heavy atom. The van der Waals surface area contributed by atoms with Crippen molar-refractivity contribution in [1.29, 1.82) is 0 Å². The Labute approximate surface area is 113 Å². The third-order valence-electron chi connectivity index (χ3n) is 2.42. The van der Waals surface area contributed by atoms with Gasteiger partial charge in [-0.2, -0.15) is 26.3 Å². The van der Waals surface area contributed by atoms with Crippen molar-refractivity contribution in [2.24, 2.45) is 0 Å². The molecule has 0 unspecified atom stereocenters. The summed E-state index contributed by atoms with van der Waals surface area (Å²) in [5.41, 5.74) is 6.18. The van der Waals surface area contributed by atoms with Gasteiger partial charge in [-0.3, -0.25) is 0 Å². The van der Waals surface area contributed by atoms with Crippen LogP contribution in [-0.4, -0.2) is 23.4 Å². The first-order valence-electron chi connectivity index (χ1n) is 5.47. The Balaban J connectivity index is 2.16. The second kappa shape index (κ2) is 5.10. The van der Waals surface area contributed by atoms with Crippen molar-refractivity contribution in [3.8, 4) is 0 Å². The summed E-state index contributed by atoms with van der Waals surface area (Å²) in [4.78, 5) is 3.70. The van der Waals surface area contributed by atoms with Gasteiger partial charge in [-0.05, 0) is 18.2 Å². The zero-order chi connectivity index (χ0) is 15.8. The Hall–Kier alpha value is -1.97. The van der Waals surface area contributed by atoms with Crippen LogP contribution < -0.4 is 5.73 Å². The Morgan fingerprint density at radius 1 is 1.14 bits per heavy atom. The second-order valence-corrected chi connectivity index (χ2v) is 4.11. The highest BCUT2D eigenvalue weighted by Gasteiger charge is 2.58. The Bertz CT molecular complexity index is 620. The van der Waals surface area contributed by atoms with E-state index >= 15 is 0 Å². The lowest BCUT2D eigenvalue weighted by molar-refractivity contribution is -0.325. The number of rotatable bonds is 3. The number of anilines is 1. The van der Waals surface area contributed by atoms with E-state index in [1.54, 1.807) is 0 Å². The summed E-state index contributed by atoms with van der Waals surface area (Å²) in [6.45, 7) is -1.07. The highest BCUT2D eigenvalue weighted by Crippen LogP contribution is 2.36. The molecule has 2 rings (SSSR count). The van der Waals surface area contributed by atoms with Crippen LogP contribution >= 0.6 is 0 Å². The van der Waals surface area contributed by atoms with Crippen molar-refractivity contribution < 1.29 is 35.5 Å². The molecule has 0 bridgehead atoms. The van der Waals surface area contributed by atoms with Crippen molar-refractivity contribution >= 4 is 16.8 Å². The van der Waals surface area contributed by atoms with E-state index in [9.17, 15) is 26.3 Å². The summed E-state index contributed by atoms with van der Waals surface area (Å²) in [5.74, 6) is -0.408. The summed E-state index contributed by atoms with van der Waals surface area (Å²) >= 11 is 0. The molecule has 0 aliphatic rings. The molecule has 10 heteroatoms. The molecule has 1 aromatic heterocycles. The maximum Gasteiger partial charge on any atom is 0.423 e. The highest BCUT2D eigenvalue weighted by molar-refractivity contribution is 5.76. The third kappa shape index (κ3) is 3.57. The summed E-state index contributed by atoms with van der Waals surface area (Å²) in [7, 11) is 0. The second-order valence-electron chi connectivity index (χ2n) is 4.11. The molecule has 1 aromatic carbocycles. The molecule has 0 radical (unpaired) electrons. The van der Waals surface area contributed by atoms with Crippen LogP contribution in [0.15, 0.2) is 22.6 Å². The number of aromatic nitrogens is 1. The summed E-state index contributed by atoms with van der Waals surface area (Å²) < 4.78 is 82.4. The fraction of sp³-hybridized carbons (Fsp3) is 0.364. The van der Waals surface area contributed by atoms with E-state index in [-0.39, 0.29) is 11.1 Å². The minimum absolute atomic E-state index is 0.179. The minimum Gasteiger partial charge on any atom is -0.438 e. The molecule has 0 fully saturated rings. The van der Waals surface area contributed by atoms with Gasteiger partial charge >= 0.3 is 12.4 Å². The van der Waals surface area contributed by atoms with E-state index in [1.807, 2.05) is 0 Å². The van der Waals surface area contributed by atoms with Crippen LogP contribution in [0.5, 0.6) is 0 Å². The zero-order valence-electron chi connectivity index (χ0n) is 10.1. The van der Waals surface area contributed by atoms with Crippen molar-refractivity contribution in [3.05, 3.63) is 24.1 Å². The van der Waals surface area contributed by atoms with Crippen LogP contribution in [0.25, 0.3) is 11.1 Å². The molecule has 0 aliphatic carbocycles. The van der Waals surface area contributed by atoms with Gasteiger partial charge in [0.1, 0.15) is 12.1 Å². The number of alkyl halides is 6. The normalized spacial score (nSPS) is 13.3. The van der Waals surface area contributed by atoms with Crippen LogP contribution in [-0.2, 0) is 11.3 Å². The average Bonchev–Trinajstić information content (AvgIpc) is 2.67. The lowest BCUT2D eigenvalue weighted by Gasteiger charge is -2.22. The largest absolute Gasteiger partial charge is 0.438 e. The molecule has 4 nitrogen and oxygen atoms in total. The SMILES string of the molecule is Nc1ccc2oc(COC(C(F)(F)F)C(F)(F)F)nc2c1. The predicted molar refractivity (Wildman–Crippen MR) is 59.1 cm³/mol. The van der Waals surface area contributed by atoms with Crippen molar-refractivity contribution in [2.75, 3.05) is 5.73 Å². The zero-order valence-corrected chi connectivity index (χ0v) is 10.1. The number of halogens is 6. The van der Waals surface area contributed by atoms with Gasteiger partial charge < -0.3 is 14.9 Å². The maximum absolute atomic E-state index is 12.3. The average molecular weight is 314 g/mol. The summed E-state index contributed by atoms with van der Waals surface area (Å²) in [5, 5.41) is 0. The van der Waals surface area contributed by atoms with Crippen molar-refractivity contribution in [3.63, 3.8) is 0 Å². The first-order chi connectivity index (χ1) is 9.57. The van der Waals surface area contributed by atoms with Crippen LogP contribution in [0, 0.1) is 0 Å². The van der Waals surface area contributed by atoms with Gasteiger partial charge in [-0.15, -0.1) is 0 Å². The van der Waals surface area contributed by atoms with Gasteiger partial charge in [0, 0.05) is 5.69 Å². The molecule has 0 saturated heterocycles. The number of nitrogens with two attached hydrogens (primary N) is 1. The first-order valence-corrected chi connectivity index (χ1v) is 5.47. The molecule has 116 valence electrons. The van der Waals surface area contributed by atoms with E-state index in [2.05, 4.69) is 9.72 Å². The predicted octanol–water partition coefficient (Wildman–Crippen LogP) is 3.42. The van der Waals surface area contributed by atoms with Gasteiger partial charge in [0.15, 0.2) is 5.58 Å². The quantitative estimate of drug-likeness (QED) is 0.696. The first kappa shape index (κ1) is 15.4. The molecule has 0 atom stereocenters. The van der Waals surface area contributed by atoms with Gasteiger partial charge in [-0.1, -0.05) is 0 Å². The van der Waals surface area contributed by atoms with Crippen LogP contribution in [0.2, 0.25) is 0 Å². The maximum atomic E-state index is 12.3. The number of nitrogen functional groups attached to an aromatic ring is 1. The number of benzene rings is 1. The fourth-order valence-corrected chi connectivity index (χ4v) is 1.58. The van der Waals surface area contributed by atoms with Crippen LogP contribution in [0.1, 0.15) is 5.89 Å². The molecule has 2 aromatic rings. The molecule has 0 aliphatic heterocycles. The third-order valence-corrected chi connectivity index (χ3v) is 2.42. The van der Waals surface area contributed by atoms with Crippen molar-refractivity contribution in [2.45, 2.75) is 25.1 Å². The van der Waals surface area contributed by atoms with Gasteiger partial charge in [0.05, 0.1) is 0 Å². The number of ether oxygens (including phenoxy) is 1. The summed E-state index contributed by atoms with van der Waals surface area (Å²) in [6.07, 6.45) is -15.0. The number of oxazole rings is 1. The number of hydrogen-bond acceptors (Lipinski definition) is 4. The summed E-state index contributed by atoms with van der Waals surface area (Å²) in [6, 6.07) is 4.21. The number of fused-ring (bicyclic) bond motifs is 1. The molecule has 0 spiro atoms. The molecule has 1 heterocycles. The molecule has 0 amide bonds. The fourth-order valence-electron chi connectivity index (χ4n) is 1.58.